The molecule has 0 fully saturated rings. The quantitative estimate of drug-likeness (QED) is 0.470. The van der Waals surface area contributed by atoms with E-state index in [-0.39, 0.29) is 11.6 Å². The van der Waals surface area contributed by atoms with E-state index in [0.717, 1.165) is 24.0 Å². The van der Waals surface area contributed by atoms with Gasteiger partial charge in [-0.3, -0.25) is 14.7 Å². The molecule has 0 spiro atoms. The number of para-hydroxylation sites is 1. The van der Waals surface area contributed by atoms with Crippen LogP contribution in [0.5, 0.6) is 0 Å². The molecule has 2 heterocycles. The van der Waals surface area contributed by atoms with Crippen LogP contribution in [-0.4, -0.2) is 20.6 Å². The van der Waals surface area contributed by atoms with Crippen molar-refractivity contribution in [2.45, 2.75) is 26.3 Å². The minimum absolute atomic E-state index is 0.0378. The van der Waals surface area contributed by atoms with Gasteiger partial charge in [-0.1, -0.05) is 37.6 Å². The Labute approximate surface area is 179 Å². The number of amides is 2. The topological polar surface area (TPSA) is 88.9 Å². The molecule has 0 unspecified atom stereocenters. The first-order valence-electron chi connectivity index (χ1n) is 10.2. The van der Waals surface area contributed by atoms with E-state index in [9.17, 15) is 9.59 Å². The number of aryl methyl sites for hydroxylation is 1. The van der Waals surface area contributed by atoms with E-state index in [2.05, 4.69) is 27.5 Å². The lowest BCUT2D eigenvalue weighted by atomic mass is 10.1. The van der Waals surface area contributed by atoms with Gasteiger partial charge in [-0.15, -0.1) is 0 Å². The second kappa shape index (κ2) is 9.21. The number of hydrogen-bond donors (Lipinski definition) is 2. The van der Waals surface area contributed by atoms with Gasteiger partial charge < -0.3 is 5.32 Å². The van der Waals surface area contributed by atoms with Crippen LogP contribution >= 0.6 is 0 Å². The Bertz CT molecular complexity index is 1250. The number of aromatic nitrogens is 3. The van der Waals surface area contributed by atoms with Gasteiger partial charge >= 0.3 is 6.03 Å². The third-order valence-electron chi connectivity index (χ3n) is 4.95. The maximum absolute atomic E-state index is 12.8. The van der Waals surface area contributed by atoms with Crippen LogP contribution < -0.4 is 16.2 Å². The fourth-order valence-electron chi connectivity index (χ4n) is 3.26. The zero-order valence-electron chi connectivity index (χ0n) is 17.2. The number of rotatable bonds is 6. The summed E-state index contributed by atoms with van der Waals surface area (Å²) in [6.07, 6.45) is 5.23. The number of fused-ring (bicyclic) bond motifs is 1. The Morgan fingerprint density at radius 1 is 0.968 bits per heavy atom. The van der Waals surface area contributed by atoms with Crippen molar-refractivity contribution in [2.24, 2.45) is 0 Å². The maximum atomic E-state index is 12.8. The largest absolute Gasteiger partial charge is 0.324 e. The van der Waals surface area contributed by atoms with Gasteiger partial charge in [-0.2, -0.15) is 0 Å². The number of hydrogen-bond acceptors (Lipinski definition) is 4. The maximum Gasteiger partial charge on any atom is 0.324 e. The summed E-state index contributed by atoms with van der Waals surface area (Å²) in [7, 11) is 0. The van der Waals surface area contributed by atoms with Crippen molar-refractivity contribution in [1.82, 2.24) is 14.5 Å². The Morgan fingerprint density at radius 3 is 2.52 bits per heavy atom. The smallest absolute Gasteiger partial charge is 0.308 e. The monoisotopic (exact) mass is 413 g/mol. The summed E-state index contributed by atoms with van der Waals surface area (Å²) in [4.78, 5) is 33.6. The highest BCUT2D eigenvalue weighted by molar-refractivity contribution is 5.99. The minimum atomic E-state index is -0.365. The Kier molecular flexibility index (Phi) is 6.03. The molecule has 2 aromatic heterocycles. The minimum Gasteiger partial charge on any atom is -0.308 e. The first-order chi connectivity index (χ1) is 15.1. The number of urea groups is 1. The molecule has 0 atom stereocenters. The number of nitrogens with zero attached hydrogens (tertiary/aromatic N) is 3. The molecule has 0 aliphatic heterocycles. The Hall–Kier alpha value is -4.00. The van der Waals surface area contributed by atoms with Crippen molar-refractivity contribution in [3.8, 4) is 11.1 Å². The second-order valence-corrected chi connectivity index (χ2v) is 7.21. The van der Waals surface area contributed by atoms with Crippen molar-refractivity contribution in [3.63, 3.8) is 0 Å². The molecule has 156 valence electrons. The van der Waals surface area contributed by atoms with Crippen LogP contribution in [0.15, 0.2) is 78.0 Å². The number of carbonyl (C=O) groups is 1. The molecule has 0 aliphatic carbocycles. The molecule has 2 aromatic carbocycles. The van der Waals surface area contributed by atoms with Crippen molar-refractivity contribution in [1.29, 1.82) is 0 Å². The molecule has 31 heavy (non-hydrogen) atoms. The summed E-state index contributed by atoms with van der Waals surface area (Å²) in [5.74, 6) is 0.432. The fourth-order valence-corrected chi connectivity index (χ4v) is 3.26. The first-order valence-corrected chi connectivity index (χ1v) is 10.2. The average molecular weight is 413 g/mol. The number of unbranched alkanes of at least 4 members (excludes halogenated alkanes) is 1. The van der Waals surface area contributed by atoms with Gasteiger partial charge in [0.25, 0.3) is 5.56 Å². The summed E-state index contributed by atoms with van der Waals surface area (Å²) in [5.41, 5.74) is 3.05. The van der Waals surface area contributed by atoms with Crippen LogP contribution in [0.1, 0.15) is 19.8 Å². The summed E-state index contributed by atoms with van der Waals surface area (Å²) in [6.45, 7) is 2.75. The number of carbonyl (C=O) groups excluding carboxylic acids is 1. The van der Waals surface area contributed by atoms with E-state index in [1.165, 1.54) is 0 Å². The molecular weight excluding hydrogens is 390 g/mol. The summed E-state index contributed by atoms with van der Waals surface area (Å²) in [6, 6.07) is 18.0. The van der Waals surface area contributed by atoms with Crippen LogP contribution in [0.4, 0.5) is 16.3 Å². The van der Waals surface area contributed by atoms with E-state index in [1.54, 1.807) is 35.3 Å². The lowest BCUT2D eigenvalue weighted by Crippen LogP contribution is -2.20. The van der Waals surface area contributed by atoms with Gasteiger partial charge in [0.2, 0.25) is 0 Å². The van der Waals surface area contributed by atoms with Crippen LogP contribution in [-0.2, 0) is 6.54 Å². The van der Waals surface area contributed by atoms with Crippen molar-refractivity contribution in [2.75, 3.05) is 10.6 Å². The van der Waals surface area contributed by atoms with Crippen molar-refractivity contribution < 1.29 is 4.79 Å². The average Bonchev–Trinajstić information content (AvgIpc) is 2.80. The standard InChI is InChI=1S/C24H23N5O2/c1-2-3-13-29-16-26-21-11-9-17(14-20(21)23(29)30)18-10-12-22(25-15-18)28-24(31)27-19-7-5-4-6-8-19/h4-12,14-16H,2-3,13H2,1H3,(H2,25,27,28,31). The number of anilines is 2. The predicted octanol–water partition coefficient (Wildman–Crippen LogP) is 4.90. The van der Waals surface area contributed by atoms with Gasteiger partial charge in [-0.05, 0) is 48.4 Å². The summed E-state index contributed by atoms with van der Waals surface area (Å²) < 4.78 is 1.66. The number of benzene rings is 2. The van der Waals surface area contributed by atoms with E-state index in [0.29, 0.717) is 29.0 Å². The molecule has 0 saturated carbocycles. The van der Waals surface area contributed by atoms with Gasteiger partial charge in [-0.25, -0.2) is 14.8 Å². The molecular formula is C24H23N5O2. The predicted molar refractivity (Wildman–Crippen MR) is 123 cm³/mol. The molecule has 4 aromatic rings. The molecule has 0 bridgehead atoms. The summed E-state index contributed by atoms with van der Waals surface area (Å²) in [5, 5.41) is 6.04. The van der Waals surface area contributed by atoms with Crippen LogP contribution in [0.25, 0.3) is 22.0 Å². The van der Waals surface area contributed by atoms with Gasteiger partial charge in [0, 0.05) is 24.0 Å². The first kappa shape index (κ1) is 20.3. The molecule has 7 nitrogen and oxygen atoms in total. The van der Waals surface area contributed by atoms with Crippen LogP contribution in [0, 0.1) is 0 Å². The molecule has 0 radical (unpaired) electrons. The van der Waals surface area contributed by atoms with Gasteiger partial charge in [0.05, 0.1) is 17.2 Å². The molecule has 0 saturated heterocycles. The third-order valence-corrected chi connectivity index (χ3v) is 4.95. The zero-order valence-corrected chi connectivity index (χ0v) is 17.2. The van der Waals surface area contributed by atoms with Gasteiger partial charge in [0.1, 0.15) is 5.82 Å². The number of nitrogens with one attached hydrogen (secondary N) is 2. The highest BCUT2D eigenvalue weighted by atomic mass is 16.2. The van der Waals surface area contributed by atoms with E-state index < -0.39 is 0 Å². The molecule has 0 aliphatic rings. The third kappa shape index (κ3) is 4.78. The second-order valence-electron chi connectivity index (χ2n) is 7.21. The zero-order chi connectivity index (χ0) is 21.6. The fraction of sp³-hybridized carbons (Fsp3) is 0.167. The van der Waals surface area contributed by atoms with Crippen molar-refractivity contribution >= 4 is 28.4 Å². The Morgan fingerprint density at radius 2 is 1.77 bits per heavy atom. The highest BCUT2D eigenvalue weighted by Gasteiger charge is 2.08. The normalized spacial score (nSPS) is 10.7. The van der Waals surface area contributed by atoms with E-state index in [4.69, 9.17) is 0 Å². The molecule has 2 amide bonds. The molecule has 4 rings (SSSR count). The van der Waals surface area contributed by atoms with Crippen molar-refractivity contribution in [3.05, 3.63) is 83.5 Å². The Balaban J connectivity index is 1.52. The van der Waals surface area contributed by atoms with E-state index in [1.807, 2.05) is 42.5 Å². The molecule has 7 heteroatoms. The summed E-state index contributed by atoms with van der Waals surface area (Å²) >= 11 is 0. The lowest BCUT2D eigenvalue weighted by Gasteiger charge is -2.09. The SMILES string of the molecule is CCCCn1cnc2ccc(-c3ccc(NC(=O)Nc4ccccc4)nc3)cc2c1=O. The molecule has 2 N–H and O–H groups in total. The van der Waals surface area contributed by atoms with Crippen LogP contribution in [0.3, 0.4) is 0 Å². The van der Waals surface area contributed by atoms with Crippen LogP contribution in [0.2, 0.25) is 0 Å². The highest BCUT2D eigenvalue weighted by Crippen LogP contribution is 2.22. The van der Waals surface area contributed by atoms with Gasteiger partial charge in [0.15, 0.2) is 0 Å². The number of pyridine rings is 1. The lowest BCUT2D eigenvalue weighted by molar-refractivity contribution is 0.262. The van der Waals surface area contributed by atoms with E-state index >= 15 is 0 Å².